The van der Waals surface area contributed by atoms with Crippen molar-refractivity contribution in [1.29, 1.82) is 0 Å². The molecular formula is C24H24ClNOS. The van der Waals surface area contributed by atoms with Gasteiger partial charge in [0.25, 0.3) is 5.91 Å². The van der Waals surface area contributed by atoms with E-state index in [-0.39, 0.29) is 11.9 Å². The maximum absolute atomic E-state index is 12.6. The van der Waals surface area contributed by atoms with Crippen LogP contribution in [0.2, 0.25) is 5.02 Å². The molecular weight excluding hydrogens is 386 g/mol. The van der Waals surface area contributed by atoms with E-state index in [1.54, 1.807) is 11.8 Å². The summed E-state index contributed by atoms with van der Waals surface area (Å²) in [5.74, 6) is 0.797. The first kappa shape index (κ1) is 20.5. The summed E-state index contributed by atoms with van der Waals surface area (Å²) in [5.41, 5.74) is 5.47. The highest BCUT2D eigenvalue weighted by molar-refractivity contribution is 7.98. The molecule has 0 bridgehead atoms. The van der Waals surface area contributed by atoms with Crippen molar-refractivity contribution in [3.05, 3.63) is 99.6 Å². The lowest BCUT2D eigenvalue weighted by Crippen LogP contribution is -2.26. The Morgan fingerprint density at radius 3 is 2.29 bits per heavy atom. The topological polar surface area (TPSA) is 29.1 Å². The van der Waals surface area contributed by atoms with E-state index in [9.17, 15) is 4.79 Å². The first-order valence-corrected chi connectivity index (χ1v) is 10.6. The number of nitrogens with one attached hydrogen (secondary N) is 1. The lowest BCUT2D eigenvalue weighted by molar-refractivity contribution is 0.0940. The van der Waals surface area contributed by atoms with Crippen LogP contribution in [-0.2, 0) is 5.75 Å². The van der Waals surface area contributed by atoms with Gasteiger partial charge in [-0.15, -0.1) is 11.8 Å². The van der Waals surface area contributed by atoms with Crippen molar-refractivity contribution < 1.29 is 4.79 Å². The van der Waals surface area contributed by atoms with E-state index in [1.165, 1.54) is 21.6 Å². The zero-order valence-corrected chi connectivity index (χ0v) is 17.9. The van der Waals surface area contributed by atoms with Gasteiger partial charge in [0.1, 0.15) is 0 Å². The molecule has 0 radical (unpaired) electrons. The Morgan fingerprint density at radius 2 is 1.64 bits per heavy atom. The van der Waals surface area contributed by atoms with Gasteiger partial charge in [0.15, 0.2) is 0 Å². The summed E-state index contributed by atoms with van der Waals surface area (Å²) >= 11 is 7.67. The molecule has 1 unspecified atom stereocenters. The Labute approximate surface area is 176 Å². The highest BCUT2D eigenvalue weighted by atomic mass is 35.5. The normalized spacial score (nSPS) is 11.9. The summed E-state index contributed by atoms with van der Waals surface area (Å²) in [7, 11) is 0. The SMILES string of the molecule is Cc1ccc(C(C)NC(=O)c2ccc(CSc3ccc(Cl)cc3)cc2)cc1C. The van der Waals surface area contributed by atoms with Gasteiger partial charge in [-0.25, -0.2) is 0 Å². The van der Waals surface area contributed by atoms with Crippen LogP contribution >= 0.6 is 23.4 Å². The van der Waals surface area contributed by atoms with Crippen molar-refractivity contribution in [3.63, 3.8) is 0 Å². The molecule has 3 aromatic carbocycles. The van der Waals surface area contributed by atoms with Crippen molar-refractivity contribution >= 4 is 29.3 Å². The Kier molecular flexibility index (Phi) is 6.82. The molecule has 0 fully saturated rings. The number of amides is 1. The molecule has 3 rings (SSSR count). The second kappa shape index (κ2) is 9.31. The third-order valence-electron chi connectivity index (χ3n) is 4.81. The monoisotopic (exact) mass is 409 g/mol. The standard InChI is InChI=1S/C24H24ClNOS/c1-16-4-7-21(14-17(16)2)18(3)26-24(27)20-8-5-19(6-9-20)15-28-23-12-10-22(25)11-13-23/h4-14,18H,15H2,1-3H3,(H,26,27). The number of benzene rings is 3. The molecule has 2 nitrogen and oxygen atoms in total. The van der Waals surface area contributed by atoms with Gasteiger partial charge in [0.2, 0.25) is 0 Å². The van der Waals surface area contributed by atoms with Crippen molar-refractivity contribution in [3.8, 4) is 0 Å². The smallest absolute Gasteiger partial charge is 0.251 e. The lowest BCUT2D eigenvalue weighted by atomic mass is 10.0. The fraction of sp³-hybridized carbons (Fsp3) is 0.208. The maximum atomic E-state index is 12.6. The summed E-state index contributed by atoms with van der Waals surface area (Å²) in [4.78, 5) is 13.7. The predicted molar refractivity (Wildman–Crippen MR) is 119 cm³/mol. The molecule has 1 atom stereocenters. The van der Waals surface area contributed by atoms with Crippen LogP contribution in [0.3, 0.4) is 0 Å². The van der Waals surface area contributed by atoms with Crippen LogP contribution in [0.25, 0.3) is 0 Å². The molecule has 4 heteroatoms. The molecule has 0 saturated heterocycles. The van der Waals surface area contributed by atoms with E-state index in [0.717, 1.165) is 16.3 Å². The van der Waals surface area contributed by atoms with Gasteiger partial charge in [-0.05, 0) is 79.4 Å². The molecule has 0 spiro atoms. The van der Waals surface area contributed by atoms with E-state index < -0.39 is 0 Å². The van der Waals surface area contributed by atoms with Gasteiger partial charge in [-0.1, -0.05) is 41.9 Å². The first-order valence-electron chi connectivity index (χ1n) is 9.27. The molecule has 0 aromatic heterocycles. The summed E-state index contributed by atoms with van der Waals surface area (Å²) in [6.07, 6.45) is 0. The third kappa shape index (κ3) is 5.40. The molecule has 0 heterocycles. The number of carbonyl (C=O) groups is 1. The van der Waals surface area contributed by atoms with Crippen LogP contribution in [0.5, 0.6) is 0 Å². The van der Waals surface area contributed by atoms with Crippen molar-refractivity contribution in [2.75, 3.05) is 0 Å². The molecule has 0 saturated carbocycles. The van der Waals surface area contributed by atoms with E-state index in [4.69, 9.17) is 11.6 Å². The summed E-state index contributed by atoms with van der Waals surface area (Å²) in [5, 5.41) is 3.83. The van der Waals surface area contributed by atoms with Crippen molar-refractivity contribution in [2.24, 2.45) is 0 Å². The van der Waals surface area contributed by atoms with Gasteiger partial charge >= 0.3 is 0 Å². The quantitative estimate of drug-likeness (QED) is 0.456. The van der Waals surface area contributed by atoms with E-state index in [0.29, 0.717) is 5.56 Å². The summed E-state index contributed by atoms with van der Waals surface area (Å²) in [6, 6.07) is 21.9. The zero-order chi connectivity index (χ0) is 20.1. The minimum absolute atomic E-state index is 0.0352. The Morgan fingerprint density at radius 1 is 0.964 bits per heavy atom. The van der Waals surface area contributed by atoms with Gasteiger partial charge in [-0.3, -0.25) is 4.79 Å². The summed E-state index contributed by atoms with van der Waals surface area (Å²) < 4.78 is 0. The van der Waals surface area contributed by atoms with Gasteiger partial charge in [0, 0.05) is 21.2 Å². The molecule has 1 amide bonds. The van der Waals surface area contributed by atoms with E-state index in [1.807, 2.05) is 55.5 Å². The van der Waals surface area contributed by atoms with Crippen LogP contribution in [0.15, 0.2) is 71.6 Å². The molecule has 3 aromatic rings. The van der Waals surface area contributed by atoms with Crippen LogP contribution in [0.4, 0.5) is 0 Å². The van der Waals surface area contributed by atoms with Gasteiger partial charge in [0.05, 0.1) is 6.04 Å². The zero-order valence-electron chi connectivity index (χ0n) is 16.3. The Hall–Kier alpha value is -2.23. The fourth-order valence-electron chi connectivity index (χ4n) is 2.85. The van der Waals surface area contributed by atoms with Crippen molar-refractivity contribution in [1.82, 2.24) is 5.32 Å². The van der Waals surface area contributed by atoms with Crippen LogP contribution in [0.1, 0.15) is 45.6 Å². The molecule has 0 aliphatic heterocycles. The number of hydrogen-bond acceptors (Lipinski definition) is 2. The van der Waals surface area contributed by atoms with Crippen LogP contribution in [0, 0.1) is 13.8 Å². The molecule has 0 aliphatic carbocycles. The maximum Gasteiger partial charge on any atom is 0.251 e. The van der Waals surface area contributed by atoms with Gasteiger partial charge < -0.3 is 5.32 Å². The largest absolute Gasteiger partial charge is 0.346 e. The number of aryl methyl sites for hydroxylation is 2. The number of rotatable bonds is 6. The number of hydrogen-bond donors (Lipinski definition) is 1. The molecule has 1 N–H and O–H groups in total. The van der Waals surface area contributed by atoms with Gasteiger partial charge in [-0.2, -0.15) is 0 Å². The first-order chi connectivity index (χ1) is 13.4. The van der Waals surface area contributed by atoms with E-state index in [2.05, 4.69) is 37.4 Å². The molecule has 0 aliphatic rings. The fourth-order valence-corrected chi connectivity index (χ4v) is 3.83. The lowest BCUT2D eigenvalue weighted by Gasteiger charge is -2.16. The second-order valence-corrected chi connectivity index (χ2v) is 8.46. The average Bonchev–Trinajstić information content (AvgIpc) is 2.70. The second-order valence-electron chi connectivity index (χ2n) is 6.98. The number of thioether (sulfide) groups is 1. The third-order valence-corrected chi connectivity index (χ3v) is 6.15. The van der Waals surface area contributed by atoms with E-state index >= 15 is 0 Å². The number of carbonyl (C=O) groups excluding carboxylic acids is 1. The number of halogens is 1. The summed E-state index contributed by atoms with van der Waals surface area (Å²) in [6.45, 7) is 6.20. The minimum Gasteiger partial charge on any atom is -0.346 e. The average molecular weight is 410 g/mol. The Bertz CT molecular complexity index is 951. The highest BCUT2D eigenvalue weighted by Crippen LogP contribution is 2.24. The molecule has 28 heavy (non-hydrogen) atoms. The highest BCUT2D eigenvalue weighted by Gasteiger charge is 2.12. The predicted octanol–water partition coefficient (Wildman–Crippen LogP) is 6.74. The minimum atomic E-state index is -0.0531. The van der Waals surface area contributed by atoms with Crippen LogP contribution in [-0.4, -0.2) is 5.91 Å². The van der Waals surface area contributed by atoms with Crippen LogP contribution < -0.4 is 5.32 Å². The van der Waals surface area contributed by atoms with Crippen molar-refractivity contribution in [2.45, 2.75) is 37.5 Å². The molecule has 144 valence electrons. The Balaban J connectivity index is 1.58.